The zero-order valence-electron chi connectivity index (χ0n) is 9.29. The largest absolute Gasteiger partial charge is 0.335 e. The van der Waals surface area contributed by atoms with E-state index in [-0.39, 0.29) is 5.91 Å². The Morgan fingerprint density at radius 2 is 2.06 bits per heavy atom. The Bertz CT molecular complexity index is 432. The number of thiophene rings is 1. The molecule has 1 aromatic heterocycles. The molecule has 0 N–H and O–H groups in total. The first-order valence-corrected chi connectivity index (χ1v) is 8.31. The Morgan fingerprint density at radius 1 is 1.35 bits per heavy atom. The quantitative estimate of drug-likeness (QED) is 0.765. The van der Waals surface area contributed by atoms with E-state index in [0.29, 0.717) is 6.04 Å². The summed E-state index contributed by atoms with van der Waals surface area (Å²) in [5, 5.41) is 0. The molecule has 1 heterocycles. The second-order valence-electron chi connectivity index (χ2n) is 4.86. The highest BCUT2D eigenvalue weighted by molar-refractivity contribution is 9.13. The first-order valence-electron chi connectivity index (χ1n) is 5.91. The van der Waals surface area contributed by atoms with Gasteiger partial charge in [-0.1, -0.05) is 0 Å². The molecule has 0 unspecified atom stereocenters. The number of hydrogen-bond acceptors (Lipinski definition) is 2. The normalized spacial score (nSPS) is 19.4. The van der Waals surface area contributed by atoms with Crippen LogP contribution in [0, 0.1) is 5.92 Å². The van der Waals surface area contributed by atoms with Crippen LogP contribution in [0.1, 0.15) is 35.4 Å². The number of nitrogens with zero attached hydrogens (tertiary/aromatic N) is 1. The molecule has 0 atom stereocenters. The molecule has 0 spiro atoms. The van der Waals surface area contributed by atoms with E-state index >= 15 is 0 Å². The highest BCUT2D eigenvalue weighted by Gasteiger charge is 2.37. The molecule has 92 valence electrons. The fraction of sp³-hybridized carbons (Fsp3) is 0.583. The minimum Gasteiger partial charge on any atom is -0.335 e. The topological polar surface area (TPSA) is 20.3 Å². The van der Waals surface area contributed by atoms with Gasteiger partial charge in [0.05, 0.1) is 8.66 Å². The summed E-state index contributed by atoms with van der Waals surface area (Å²) in [6.07, 6.45) is 4.97. The highest BCUT2D eigenvalue weighted by atomic mass is 79.9. The van der Waals surface area contributed by atoms with Crippen molar-refractivity contribution >= 4 is 49.1 Å². The van der Waals surface area contributed by atoms with Gasteiger partial charge in [0.2, 0.25) is 0 Å². The molecule has 0 radical (unpaired) electrons. The number of amides is 1. The van der Waals surface area contributed by atoms with Gasteiger partial charge in [-0.15, -0.1) is 11.3 Å². The van der Waals surface area contributed by atoms with E-state index in [1.165, 1.54) is 37.0 Å². The summed E-state index contributed by atoms with van der Waals surface area (Å²) in [5.74, 6) is 0.988. The summed E-state index contributed by atoms with van der Waals surface area (Å²) in [4.78, 5) is 15.4. The fourth-order valence-corrected chi connectivity index (χ4v) is 3.95. The smallest absolute Gasteiger partial charge is 0.264 e. The van der Waals surface area contributed by atoms with Crippen molar-refractivity contribution in [3.63, 3.8) is 0 Å². The summed E-state index contributed by atoms with van der Waals surface area (Å²) in [6, 6.07) is 2.45. The molecule has 2 aliphatic rings. The number of halogens is 2. The van der Waals surface area contributed by atoms with Gasteiger partial charge in [-0.05, 0) is 69.5 Å². The van der Waals surface area contributed by atoms with E-state index in [1.807, 2.05) is 6.07 Å². The first kappa shape index (κ1) is 12.2. The molecule has 0 saturated heterocycles. The molecule has 2 fully saturated rings. The second-order valence-corrected chi connectivity index (χ2v) is 8.09. The Kier molecular flexibility index (Phi) is 3.34. The van der Waals surface area contributed by atoms with E-state index in [0.717, 1.165) is 25.6 Å². The third kappa shape index (κ3) is 2.76. The predicted octanol–water partition coefficient (Wildman–Crippen LogP) is 4.29. The second kappa shape index (κ2) is 4.67. The third-order valence-electron chi connectivity index (χ3n) is 3.26. The lowest BCUT2D eigenvalue weighted by atomic mass is 10.3. The van der Waals surface area contributed by atoms with Crippen LogP contribution in [0.5, 0.6) is 0 Å². The molecule has 2 nitrogen and oxygen atoms in total. The third-order valence-corrected chi connectivity index (χ3v) is 6.50. The predicted molar refractivity (Wildman–Crippen MR) is 76.5 cm³/mol. The van der Waals surface area contributed by atoms with E-state index in [4.69, 9.17) is 0 Å². The molecule has 3 rings (SSSR count). The van der Waals surface area contributed by atoms with Gasteiger partial charge in [0.25, 0.3) is 5.91 Å². The van der Waals surface area contributed by atoms with E-state index in [9.17, 15) is 4.79 Å². The van der Waals surface area contributed by atoms with Crippen LogP contribution >= 0.6 is 43.2 Å². The van der Waals surface area contributed by atoms with Crippen molar-refractivity contribution in [3.05, 3.63) is 19.2 Å². The van der Waals surface area contributed by atoms with Gasteiger partial charge in [-0.2, -0.15) is 0 Å². The maximum atomic E-state index is 12.4. The van der Waals surface area contributed by atoms with Crippen LogP contribution in [0.25, 0.3) is 0 Å². The summed E-state index contributed by atoms with van der Waals surface area (Å²) in [7, 11) is 0. The number of rotatable bonds is 4. The molecule has 2 aliphatic carbocycles. The SMILES string of the molecule is O=C(c1cc(Br)c(Br)s1)N(CC1CC1)C1CC1. The lowest BCUT2D eigenvalue weighted by Gasteiger charge is -2.21. The molecule has 2 saturated carbocycles. The maximum Gasteiger partial charge on any atom is 0.264 e. The minimum atomic E-state index is 0.218. The molecular formula is C12H13Br2NOS. The van der Waals surface area contributed by atoms with E-state index in [2.05, 4.69) is 36.8 Å². The van der Waals surface area contributed by atoms with Gasteiger partial charge < -0.3 is 4.90 Å². The van der Waals surface area contributed by atoms with Gasteiger partial charge in [0, 0.05) is 17.1 Å². The molecule has 0 aromatic carbocycles. The Labute approximate surface area is 122 Å². The fourth-order valence-electron chi connectivity index (χ4n) is 1.96. The first-order chi connectivity index (χ1) is 8.15. The number of carbonyl (C=O) groups is 1. The van der Waals surface area contributed by atoms with Gasteiger partial charge in [0.1, 0.15) is 0 Å². The molecule has 17 heavy (non-hydrogen) atoms. The van der Waals surface area contributed by atoms with Crippen LogP contribution < -0.4 is 0 Å². The lowest BCUT2D eigenvalue weighted by molar-refractivity contribution is 0.0739. The van der Waals surface area contributed by atoms with Crippen LogP contribution in [0.4, 0.5) is 0 Å². The van der Waals surface area contributed by atoms with Gasteiger partial charge in [-0.25, -0.2) is 0 Å². The number of carbonyl (C=O) groups excluding carboxylic acids is 1. The molecule has 1 amide bonds. The summed E-state index contributed by atoms with van der Waals surface area (Å²) in [6.45, 7) is 0.969. The van der Waals surface area contributed by atoms with Crippen molar-refractivity contribution in [2.45, 2.75) is 31.7 Å². The molecule has 5 heteroatoms. The minimum absolute atomic E-state index is 0.218. The van der Waals surface area contributed by atoms with Crippen LogP contribution in [-0.2, 0) is 0 Å². The van der Waals surface area contributed by atoms with Gasteiger partial charge in [0.15, 0.2) is 0 Å². The molecule has 0 bridgehead atoms. The summed E-state index contributed by atoms with van der Waals surface area (Å²) >= 11 is 8.41. The lowest BCUT2D eigenvalue weighted by Crippen LogP contribution is -2.34. The number of hydrogen-bond donors (Lipinski definition) is 0. The molecular weight excluding hydrogens is 366 g/mol. The highest BCUT2D eigenvalue weighted by Crippen LogP contribution is 2.38. The van der Waals surface area contributed by atoms with Crippen molar-refractivity contribution in [2.24, 2.45) is 5.92 Å². The maximum absolute atomic E-state index is 12.4. The Balaban J connectivity index is 1.77. The van der Waals surface area contributed by atoms with E-state index in [1.54, 1.807) is 0 Å². The summed E-state index contributed by atoms with van der Waals surface area (Å²) in [5.41, 5.74) is 0. The average Bonchev–Trinajstić information content (AvgIpc) is 3.17. The van der Waals surface area contributed by atoms with Crippen LogP contribution in [0.15, 0.2) is 14.3 Å². The monoisotopic (exact) mass is 377 g/mol. The van der Waals surface area contributed by atoms with Crippen LogP contribution in [0.2, 0.25) is 0 Å². The van der Waals surface area contributed by atoms with Crippen molar-refractivity contribution in [3.8, 4) is 0 Å². The van der Waals surface area contributed by atoms with Gasteiger partial charge >= 0.3 is 0 Å². The zero-order chi connectivity index (χ0) is 12.0. The average molecular weight is 379 g/mol. The zero-order valence-corrected chi connectivity index (χ0v) is 13.3. The Morgan fingerprint density at radius 3 is 2.53 bits per heavy atom. The van der Waals surface area contributed by atoms with Crippen molar-refractivity contribution in [1.29, 1.82) is 0 Å². The molecule has 0 aliphatic heterocycles. The van der Waals surface area contributed by atoms with E-state index < -0.39 is 0 Å². The van der Waals surface area contributed by atoms with Crippen LogP contribution in [0.3, 0.4) is 0 Å². The Hall–Kier alpha value is 0.130. The van der Waals surface area contributed by atoms with Crippen LogP contribution in [-0.4, -0.2) is 23.4 Å². The van der Waals surface area contributed by atoms with Crippen molar-refractivity contribution in [1.82, 2.24) is 4.90 Å². The standard InChI is InChI=1S/C12H13Br2NOS/c13-9-5-10(17-11(9)14)12(16)15(8-3-4-8)6-7-1-2-7/h5,7-8H,1-4,6H2. The molecule has 1 aromatic rings. The summed E-state index contributed by atoms with van der Waals surface area (Å²) < 4.78 is 1.98. The van der Waals surface area contributed by atoms with Crippen molar-refractivity contribution in [2.75, 3.05) is 6.54 Å². The van der Waals surface area contributed by atoms with Gasteiger partial charge in [-0.3, -0.25) is 4.79 Å². The van der Waals surface area contributed by atoms with Crippen molar-refractivity contribution < 1.29 is 4.79 Å².